The van der Waals surface area contributed by atoms with Crippen molar-refractivity contribution in [3.63, 3.8) is 0 Å². The standard InChI is InChI=1S/C24H22FN11/c1-2-16-12-28-24(29-13-16)34-8-5-17(6-9-34)21-14-27-23-22(26-7-10-35(21)23)31-18-3-4-20(19(25)11-18)36-15-30-32-33-36/h3-5,7,10-15H,2,6,8-9H2,1H3,(H,26,31). The number of nitrogens with one attached hydrogen (secondary N) is 1. The van der Waals surface area contributed by atoms with Crippen LogP contribution in [0.1, 0.15) is 24.6 Å². The van der Waals surface area contributed by atoms with E-state index in [0.29, 0.717) is 17.2 Å². The maximum Gasteiger partial charge on any atom is 0.225 e. The molecule has 0 saturated heterocycles. The smallest absolute Gasteiger partial charge is 0.225 e. The number of halogens is 1. The lowest BCUT2D eigenvalue weighted by Crippen LogP contribution is -2.30. The minimum Gasteiger partial charge on any atom is -0.337 e. The van der Waals surface area contributed by atoms with Crippen molar-refractivity contribution in [2.75, 3.05) is 23.3 Å². The number of nitrogens with zero attached hydrogens (tertiary/aromatic N) is 10. The van der Waals surface area contributed by atoms with Crippen LogP contribution in [0, 0.1) is 5.82 Å². The lowest BCUT2D eigenvalue weighted by molar-refractivity contribution is 0.607. The molecule has 6 rings (SSSR count). The number of imidazole rings is 1. The van der Waals surface area contributed by atoms with Gasteiger partial charge in [-0.15, -0.1) is 5.10 Å². The molecule has 1 aromatic carbocycles. The maximum atomic E-state index is 14.7. The molecule has 4 aromatic heterocycles. The molecule has 5 heterocycles. The Kier molecular flexibility index (Phi) is 5.52. The van der Waals surface area contributed by atoms with E-state index < -0.39 is 5.82 Å². The Labute approximate surface area is 205 Å². The van der Waals surface area contributed by atoms with E-state index in [-0.39, 0.29) is 5.69 Å². The Bertz CT molecular complexity index is 1540. The van der Waals surface area contributed by atoms with Gasteiger partial charge < -0.3 is 10.2 Å². The van der Waals surface area contributed by atoms with E-state index in [0.717, 1.165) is 43.1 Å². The molecule has 1 aliphatic heterocycles. The molecule has 180 valence electrons. The van der Waals surface area contributed by atoms with Crippen molar-refractivity contribution < 1.29 is 4.39 Å². The number of aromatic nitrogens is 9. The van der Waals surface area contributed by atoms with Gasteiger partial charge >= 0.3 is 0 Å². The molecule has 0 amide bonds. The molecule has 0 atom stereocenters. The molecule has 5 aromatic rings. The van der Waals surface area contributed by atoms with Crippen molar-refractivity contribution in [2.45, 2.75) is 19.8 Å². The van der Waals surface area contributed by atoms with Crippen LogP contribution in [0.25, 0.3) is 16.9 Å². The normalized spacial score (nSPS) is 13.7. The highest BCUT2D eigenvalue weighted by Gasteiger charge is 2.19. The van der Waals surface area contributed by atoms with E-state index >= 15 is 0 Å². The van der Waals surface area contributed by atoms with Gasteiger partial charge in [0, 0.05) is 43.6 Å². The number of rotatable bonds is 6. The Morgan fingerprint density at radius 1 is 1.08 bits per heavy atom. The van der Waals surface area contributed by atoms with Crippen LogP contribution in [-0.2, 0) is 6.42 Å². The molecule has 0 unspecified atom stereocenters. The van der Waals surface area contributed by atoms with Crippen LogP contribution in [0.4, 0.5) is 21.8 Å². The Morgan fingerprint density at radius 2 is 1.97 bits per heavy atom. The highest BCUT2D eigenvalue weighted by atomic mass is 19.1. The number of aryl methyl sites for hydroxylation is 1. The summed E-state index contributed by atoms with van der Waals surface area (Å²) in [4.78, 5) is 20.2. The first-order chi connectivity index (χ1) is 17.7. The largest absolute Gasteiger partial charge is 0.337 e. The zero-order valence-corrected chi connectivity index (χ0v) is 19.5. The SMILES string of the molecule is CCc1cnc(N2CC=C(c3cnc4c(Nc5ccc(-n6cnnn6)c(F)c5)nccn34)CC2)nc1. The second-order valence-corrected chi connectivity index (χ2v) is 8.33. The molecule has 0 saturated carbocycles. The van der Waals surface area contributed by atoms with Crippen LogP contribution >= 0.6 is 0 Å². The number of hydrogen-bond donors (Lipinski definition) is 1. The van der Waals surface area contributed by atoms with Crippen LogP contribution in [0.2, 0.25) is 0 Å². The molecular formula is C24H22FN11. The summed E-state index contributed by atoms with van der Waals surface area (Å²) in [6, 6.07) is 4.71. The number of fused-ring (bicyclic) bond motifs is 1. The molecular weight excluding hydrogens is 461 g/mol. The fourth-order valence-electron chi connectivity index (χ4n) is 4.20. The Hall–Kier alpha value is -4.74. The van der Waals surface area contributed by atoms with Crippen LogP contribution in [0.5, 0.6) is 0 Å². The van der Waals surface area contributed by atoms with Gasteiger partial charge in [0.05, 0.1) is 11.9 Å². The molecule has 36 heavy (non-hydrogen) atoms. The van der Waals surface area contributed by atoms with Crippen molar-refractivity contribution >= 4 is 28.7 Å². The lowest BCUT2D eigenvalue weighted by Gasteiger charge is -2.26. The van der Waals surface area contributed by atoms with Crippen LogP contribution in [-0.4, -0.2) is 57.6 Å². The summed E-state index contributed by atoms with van der Waals surface area (Å²) in [7, 11) is 0. The van der Waals surface area contributed by atoms with Crippen molar-refractivity contribution in [2.24, 2.45) is 0 Å². The molecule has 11 nitrogen and oxygen atoms in total. The van der Waals surface area contributed by atoms with Gasteiger partial charge in [-0.25, -0.2) is 24.3 Å². The van der Waals surface area contributed by atoms with Crippen molar-refractivity contribution in [1.29, 1.82) is 0 Å². The van der Waals surface area contributed by atoms with Crippen LogP contribution in [0.15, 0.2) is 61.6 Å². The van der Waals surface area contributed by atoms with E-state index in [1.165, 1.54) is 22.6 Å². The fraction of sp³-hybridized carbons (Fsp3) is 0.208. The van der Waals surface area contributed by atoms with Gasteiger partial charge in [-0.3, -0.25) is 4.40 Å². The summed E-state index contributed by atoms with van der Waals surface area (Å²) >= 11 is 0. The number of tetrazole rings is 1. The van der Waals surface area contributed by atoms with Gasteiger partial charge in [-0.2, -0.15) is 4.68 Å². The zero-order chi connectivity index (χ0) is 24.5. The van der Waals surface area contributed by atoms with E-state index in [9.17, 15) is 4.39 Å². The third-order valence-electron chi connectivity index (χ3n) is 6.16. The minimum atomic E-state index is -0.464. The van der Waals surface area contributed by atoms with Gasteiger partial charge in [0.25, 0.3) is 0 Å². The topological polar surface area (TPSA) is 115 Å². The predicted octanol–water partition coefficient (Wildman–Crippen LogP) is 3.23. The highest BCUT2D eigenvalue weighted by Crippen LogP contribution is 2.28. The summed E-state index contributed by atoms with van der Waals surface area (Å²) in [6.07, 6.45) is 14.5. The fourth-order valence-corrected chi connectivity index (χ4v) is 4.20. The van der Waals surface area contributed by atoms with Gasteiger partial charge in [0.2, 0.25) is 5.95 Å². The Balaban J connectivity index is 1.23. The summed E-state index contributed by atoms with van der Waals surface area (Å²) in [5, 5.41) is 14.0. The maximum absolute atomic E-state index is 14.7. The first-order valence-corrected chi connectivity index (χ1v) is 11.6. The average Bonchev–Trinajstić information content (AvgIpc) is 3.60. The molecule has 0 aliphatic carbocycles. The van der Waals surface area contributed by atoms with Gasteiger partial charge in [-0.1, -0.05) is 13.0 Å². The molecule has 0 spiro atoms. The number of anilines is 3. The summed E-state index contributed by atoms with van der Waals surface area (Å²) in [5.74, 6) is 0.809. The van der Waals surface area contributed by atoms with E-state index in [1.54, 1.807) is 18.3 Å². The molecule has 12 heteroatoms. The number of benzene rings is 1. The number of hydrogen-bond acceptors (Lipinski definition) is 9. The monoisotopic (exact) mass is 483 g/mol. The lowest BCUT2D eigenvalue weighted by atomic mass is 10.1. The van der Waals surface area contributed by atoms with Gasteiger partial charge in [0.1, 0.15) is 12.0 Å². The molecule has 1 aliphatic rings. The minimum absolute atomic E-state index is 0.254. The zero-order valence-electron chi connectivity index (χ0n) is 19.5. The average molecular weight is 484 g/mol. The molecule has 0 fully saturated rings. The second-order valence-electron chi connectivity index (χ2n) is 8.33. The summed E-state index contributed by atoms with van der Waals surface area (Å²) in [6.45, 7) is 3.62. The quantitative estimate of drug-likeness (QED) is 0.389. The highest BCUT2D eigenvalue weighted by molar-refractivity contribution is 5.75. The summed E-state index contributed by atoms with van der Waals surface area (Å²) < 4.78 is 17.9. The second kappa shape index (κ2) is 9.13. The van der Waals surface area contributed by atoms with Gasteiger partial charge in [-0.05, 0) is 52.6 Å². The van der Waals surface area contributed by atoms with Crippen molar-refractivity contribution in [1.82, 2.24) is 44.5 Å². The van der Waals surface area contributed by atoms with Crippen LogP contribution in [0.3, 0.4) is 0 Å². The van der Waals surface area contributed by atoms with Crippen molar-refractivity contribution in [3.05, 3.63) is 78.7 Å². The van der Waals surface area contributed by atoms with E-state index in [4.69, 9.17) is 0 Å². The third kappa shape index (κ3) is 4.02. The summed E-state index contributed by atoms with van der Waals surface area (Å²) in [5.41, 5.74) is 4.76. The molecule has 0 bridgehead atoms. The van der Waals surface area contributed by atoms with Crippen molar-refractivity contribution in [3.8, 4) is 5.69 Å². The van der Waals surface area contributed by atoms with E-state index in [1.807, 2.05) is 29.2 Å². The molecule has 1 N–H and O–H groups in total. The Morgan fingerprint density at radius 3 is 2.69 bits per heavy atom. The third-order valence-corrected chi connectivity index (χ3v) is 6.16. The predicted molar refractivity (Wildman–Crippen MR) is 132 cm³/mol. The van der Waals surface area contributed by atoms with Gasteiger partial charge in [0.15, 0.2) is 17.3 Å². The first-order valence-electron chi connectivity index (χ1n) is 11.6. The van der Waals surface area contributed by atoms with E-state index in [2.05, 4.69) is 58.7 Å². The van der Waals surface area contributed by atoms with Crippen LogP contribution < -0.4 is 10.2 Å². The first kappa shape index (κ1) is 21.8. The molecule has 0 radical (unpaired) electrons.